The Bertz CT molecular complexity index is 415. The van der Waals surface area contributed by atoms with E-state index < -0.39 is 15.7 Å². The van der Waals surface area contributed by atoms with Gasteiger partial charge in [0.25, 0.3) is 0 Å². The zero-order valence-corrected chi connectivity index (χ0v) is 12.5. The Hall–Kier alpha value is -0.200. The molecular formula is C13H25FN2O2S. The lowest BCUT2D eigenvalue weighted by Crippen LogP contribution is -2.44. The van der Waals surface area contributed by atoms with Gasteiger partial charge in [-0.05, 0) is 50.9 Å². The summed E-state index contributed by atoms with van der Waals surface area (Å²) in [5, 5.41) is 0. The van der Waals surface area contributed by atoms with E-state index >= 15 is 0 Å². The van der Waals surface area contributed by atoms with Crippen LogP contribution in [0.5, 0.6) is 0 Å². The van der Waals surface area contributed by atoms with Crippen molar-refractivity contribution in [3.05, 3.63) is 0 Å². The highest BCUT2D eigenvalue weighted by atomic mass is 32.2. The summed E-state index contributed by atoms with van der Waals surface area (Å²) in [5.74, 6) is 0.138. The monoisotopic (exact) mass is 292 g/mol. The summed E-state index contributed by atoms with van der Waals surface area (Å²) in [6.45, 7) is 1.05. The molecule has 2 aliphatic rings. The summed E-state index contributed by atoms with van der Waals surface area (Å²) in [5.41, 5.74) is 4.69. The van der Waals surface area contributed by atoms with E-state index in [0.29, 0.717) is 32.4 Å². The van der Waals surface area contributed by atoms with E-state index in [1.807, 2.05) is 0 Å². The Morgan fingerprint density at radius 3 is 2.74 bits per heavy atom. The topological polar surface area (TPSA) is 63.4 Å². The molecule has 1 saturated carbocycles. The molecule has 4 nitrogen and oxygen atoms in total. The number of piperidine rings is 1. The quantitative estimate of drug-likeness (QED) is 0.860. The second kappa shape index (κ2) is 5.66. The van der Waals surface area contributed by atoms with Crippen LogP contribution >= 0.6 is 0 Å². The molecule has 0 aromatic rings. The van der Waals surface area contributed by atoms with E-state index in [1.54, 1.807) is 0 Å². The van der Waals surface area contributed by atoms with Gasteiger partial charge in [0.2, 0.25) is 10.0 Å². The van der Waals surface area contributed by atoms with Gasteiger partial charge in [-0.1, -0.05) is 0 Å². The predicted molar refractivity (Wildman–Crippen MR) is 74.0 cm³/mol. The third-order valence-corrected chi connectivity index (χ3v) is 5.70. The minimum atomic E-state index is -3.14. The van der Waals surface area contributed by atoms with Crippen LogP contribution in [0.3, 0.4) is 0 Å². The van der Waals surface area contributed by atoms with Crippen LogP contribution in [-0.2, 0) is 10.0 Å². The van der Waals surface area contributed by atoms with Crippen molar-refractivity contribution in [2.45, 2.75) is 56.7 Å². The molecule has 0 spiro atoms. The number of hydrogen-bond donors (Lipinski definition) is 1. The SMILES string of the molecule is CS(=O)(=O)N1CCCC(CC2(F)CCCC(N)C2)C1. The van der Waals surface area contributed by atoms with Gasteiger partial charge in [-0.15, -0.1) is 0 Å². The maximum atomic E-state index is 14.8. The van der Waals surface area contributed by atoms with E-state index in [9.17, 15) is 12.8 Å². The number of nitrogens with zero attached hydrogens (tertiary/aromatic N) is 1. The molecule has 6 heteroatoms. The largest absolute Gasteiger partial charge is 0.328 e. The number of alkyl halides is 1. The summed E-state index contributed by atoms with van der Waals surface area (Å²) in [7, 11) is -3.14. The molecular weight excluding hydrogens is 267 g/mol. The van der Waals surface area contributed by atoms with Crippen molar-refractivity contribution in [3.8, 4) is 0 Å². The Morgan fingerprint density at radius 1 is 1.37 bits per heavy atom. The van der Waals surface area contributed by atoms with Gasteiger partial charge >= 0.3 is 0 Å². The summed E-state index contributed by atoms with van der Waals surface area (Å²) < 4.78 is 39.4. The average Bonchev–Trinajstić information content (AvgIpc) is 2.27. The zero-order chi connectivity index (χ0) is 14.1. The highest BCUT2D eigenvalue weighted by Crippen LogP contribution is 2.38. The van der Waals surface area contributed by atoms with Crippen molar-refractivity contribution in [2.24, 2.45) is 11.7 Å². The van der Waals surface area contributed by atoms with Crippen LogP contribution < -0.4 is 5.73 Å². The maximum absolute atomic E-state index is 14.8. The first-order valence-corrected chi connectivity index (χ1v) is 9.03. The van der Waals surface area contributed by atoms with Crippen LogP contribution in [0, 0.1) is 5.92 Å². The van der Waals surface area contributed by atoms with E-state index in [-0.39, 0.29) is 12.0 Å². The summed E-state index contributed by atoms with van der Waals surface area (Å²) in [4.78, 5) is 0. The molecule has 1 saturated heterocycles. The molecule has 3 atom stereocenters. The van der Waals surface area contributed by atoms with Gasteiger partial charge in [0.1, 0.15) is 5.67 Å². The minimum Gasteiger partial charge on any atom is -0.328 e. The lowest BCUT2D eigenvalue weighted by Gasteiger charge is -2.38. The van der Waals surface area contributed by atoms with E-state index in [0.717, 1.165) is 25.7 Å². The number of hydrogen-bond acceptors (Lipinski definition) is 3. The summed E-state index contributed by atoms with van der Waals surface area (Å²) >= 11 is 0. The minimum absolute atomic E-state index is 0.0339. The fraction of sp³-hybridized carbons (Fsp3) is 1.00. The molecule has 112 valence electrons. The molecule has 19 heavy (non-hydrogen) atoms. The Morgan fingerprint density at radius 2 is 2.11 bits per heavy atom. The van der Waals surface area contributed by atoms with Crippen LogP contribution in [0.4, 0.5) is 4.39 Å². The predicted octanol–water partition coefficient (Wildman–Crippen LogP) is 1.66. The Balaban J connectivity index is 1.95. The third kappa shape index (κ3) is 4.13. The normalized spacial score (nSPS) is 38.3. The van der Waals surface area contributed by atoms with Gasteiger partial charge in [-0.3, -0.25) is 0 Å². The van der Waals surface area contributed by atoms with Crippen LogP contribution in [0.1, 0.15) is 44.9 Å². The lowest BCUT2D eigenvalue weighted by atomic mass is 9.76. The van der Waals surface area contributed by atoms with Gasteiger partial charge in [0.15, 0.2) is 0 Å². The van der Waals surface area contributed by atoms with Crippen LogP contribution in [0.25, 0.3) is 0 Å². The van der Waals surface area contributed by atoms with Crippen molar-refractivity contribution in [2.75, 3.05) is 19.3 Å². The molecule has 2 rings (SSSR count). The van der Waals surface area contributed by atoms with Crippen molar-refractivity contribution >= 4 is 10.0 Å². The highest BCUT2D eigenvalue weighted by Gasteiger charge is 2.39. The smallest absolute Gasteiger partial charge is 0.211 e. The van der Waals surface area contributed by atoms with Gasteiger partial charge in [-0.2, -0.15) is 0 Å². The summed E-state index contributed by atoms with van der Waals surface area (Å²) in [6.07, 6.45) is 6.22. The van der Waals surface area contributed by atoms with Crippen molar-refractivity contribution in [1.29, 1.82) is 0 Å². The highest BCUT2D eigenvalue weighted by molar-refractivity contribution is 7.88. The molecule has 0 aromatic carbocycles. The number of sulfonamides is 1. The van der Waals surface area contributed by atoms with Gasteiger partial charge in [0, 0.05) is 19.1 Å². The van der Waals surface area contributed by atoms with Crippen LogP contribution in [-0.4, -0.2) is 43.8 Å². The number of rotatable bonds is 3. The molecule has 0 radical (unpaired) electrons. The summed E-state index contributed by atoms with van der Waals surface area (Å²) in [6, 6.07) is -0.0339. The number of nitrogens with two attached hydrogens (primary N) is 1. The second-order valence-electron chi connectivity index (χ2n) is 6.34. The van der Waals surface area contributed by atoms with Crippen LogP contribution in [0.2, 0.25) is 0 Å². The molecule has 0 bridgehead atoms. The lowest BCUT2D eigenvalue weighted by molar-refractivity contribution is 0.0550. The molecule has 2 fully saturated rings. The van der Waals surface area contributed by atoms with Crippen molar-refractivity contribution < 1.29 is 12.8 Å². The van der Waals surface area contributed by atoms with E-state index in [1.165, 1.54) is 10.6 Å². The molecule has 1 aliphatic carbocycles. The third-order valence-electron chi connectivity index (χ3n) is 4.43. The Kier molecular flexibility index (Phi) is 4.52. The molecule has 0 amide bonds. The van der Waals surface area contributed by atoms with Crippen molar-refractivity contribution in [3.63, 3.8) is 0 Å². The fourth-order valence-corrected chi connectivity index (χ4v) is 4.49. The molecule has 0 aromatic heterocycles. The Labute approximate surface area is 115 Å². The first-order chi connectivity index (χ1) is 8.78. The second-order valence-corrected chi connectivity index (χ2v) is 8.32. The molecule has 3 unspecified atom stereocenters. The van der Waals surface area contributed by atoms with Gasteiger partial charge in [-0.25, -0.2) is 17.1 Å². The first-order valence-electron chi connectivity index (χ1n) is 7.18. The van der Waals surface area contributed by atoms with E-state index in [4.69, 9.17) is 5.73 Å². The standard InChI is InChI=1S/C13H25FN2O2S/c1-19(17,18)16-7-3-4-11(10-16)8-13(14)6-2-5-12(15)9-13/h11-12H,2-10,15H2,1H3. The fourth-order valence-electron chi connectivity index (χ4n) is 3.55. The van der Waals surface area contributed by atoms with Gasteiger partial charge in [0.05, 0.1) is 6.26 Å². The van der Waals surface area contributed by atoms with Crippen LogP contribution in [0.15, 0.2) is 0 Å². The van der Waals surface area contributed by atoms with Gasteiger partial charge < -0.3 is 5.73 Å². The van der Waals surface area contributed by atoms with Crippen molar-refractivity contribution in [1.82, 2.24) is 4.31 Å². The number of halogens is 1. The van der Waals surface area contributed by atoms with E-state index in [2.05, 4.69) is 0 Å². The average molecular weight is 292 g/mol. The first kappa shape index (κ1) is 15.2. The zero-order valence-electron chi connectivity index (χ0n) is 11.6. The maximum Gasteiger partial charge on any atom is 0.211 e. The molecule has 2 N–H and O–H groups in total. The molecule has 1 heterocycles. The molecule has 1 aliphatic heterocycles.